The van der Waals surface area contributed by atoms with Crippen molar-refractivity contribution < 1.29 is 0 Å². The molecule has 0 atom stereocenters. The summed E-state index contributed by atoms with van der Waals surface area (Å²) in [6, 6.07) is 7.49. The van der Waals surface area contributed by atoms with Crippen LogP contribution >= 0.6 is 22.9 Å². The van der Waals surface area contributed by atoms with Crippen molar-refractivity contribution in [1.29, 1.82) is 0 Å². The Labute approximate surface area is 78.8 Å². The molecule has 12 heavy (non-hydrogen) atoms. The molecule has 0 amide bonds. The molecule has 4 heteroatoms. The molecule has 1 radical (unpaired) electrons. The smallest absolute Gasteiger partial charge is 0.138 e. The molecule has 0 N–H and O–H groups in total. The first-order valence-electron chi connectivity index (χ1n) is 3.32. The topological polar surface area (TPSA) is 25.8 Å². The zero-order valence-corrected chi connectivity index (χ0v) is 7.56. The fraction of sp³-hybridized carbons (Fsp3) is 0. The molecule has 0 saturated carbocycles. The van der Waals surface area contributed by atoms with Crippen LogP contribution in [0.2, 0.25) is 5.02 Å². The van der Waals surface area contributed by atoms with Crippen molar-refractivity contribution in [2.45, 2.75) is 0 Å². The molecular weight excluding hydrogens is 192 g/mol. The minimum Gasteiger partial charge on any atom is -0.138 e. The summed E-state index contributed by atoms with van der Waals surface area (Å²) in [4.78, 5) is 0. The summed E-state index contributed by atoms with van der Waals surface area (Å²) in [6.45, 7) is 0. The van der Waals surface area contributed by atoms with Gasteiger partial charge in [-0.1, -0.05) is 35.1 Å². The van der Waals surface area contributed by atoms with Crippen LogP contribution in [0.15, 0.2) is 24.3 Å². The van der Waals surface area contributed by atoms with E-state index in [4.69, 9.17) is 11.6 Å². The normalized spacial score (nSPS) is 10.1. The largest absolute Gasteiger partial charge is 0.178 e. The van der Waals surface area contributed by atoms with Gasteiger partial charge in [-0.05, 0) is 12.1 Å². The number of rotatable bonds is 1. The lowest BCUT2D eigenvalue weighted by Crippen LogP contribution is -1.75. The van der Waals surface area contributed by atoms with Crippen LogP contribution in [0.5, 0.6) is 0 Å². The van der Waals surface area contributed by atoms with E-state index >= 15 is 0 Å². The van der Waals surface area contributed by atoms with Crippen LogP contribution in [-0.2, 0) is 0 Å². The monoisotopic (exact) mass is 195 g/mol. The average molecular weight is 196 g/mol. The Balaban J connectivity index is 2.43. The van der Waals surface area contributed by atoms with Gasteiger partial charge in [0.1, 0.15) is 5.01 Å². The summed E-state index contributed by atoms with van der Waals surface area (Å²) in [5, 5.41) is 9.11. The standard InChI is InChI=1S/C8H4ClN2S/c9-7-3-1-6(2-4-7)8-11-10-5-12-8/h1-4H. The maximum absolute atomic E-state index is 5.73. The van der Waals surface area contributed by atoms with Crippen LogP contribution in [0, 0.1) is 5.51 Å². The van der Waals surface area contributed by atoms with Gasteiger partial charge in [0.2, 0.25) is 0 Å². The van der Waals surface area contributed by atoms with Crippen LogP contribution in [0.4, 0.5) is 0 Å². The van der Waals surface area contributed by atoms with Crippen molar-refractivity contribution in [2.24, 2.45) is 0 Å². The van der Waals surface area contributed by atoms with E-state index in [1.54, 1.807) is 0 Å². The van der Waals surface area contributed by atoms with Crippen LogP contribution in [0.3, 0.4) is 0 Å². The zero-order chi connectivity index (χ0) is 8.39. The molecule has 0 aliphatic rings. The third-order valence-corrected chi connectivity index (χ3v) is 2.35. The zero-order valence-electron chi connectivity index (χ0n) is 5.99. The second kappa shape index (κ2) is 3.21. The lowest BCUT2D eigenvalue weighted by atomic mass is 10.2. The van der Waals surface area contributed by atoms with Crippen molar-refractivity contribution in [2.75, 3.05) is 0 Å². The van der Waals surface area contributed by atoms with Gasteiger partial charge in [-0.2, -0.15) is 0 Å². The Morgan fingerprint density at radius 2 is 2.00 bits per heavy atom. The summed E-state index contributed by atoms with van der Waals surface area (Å²) >= 11 is 7.12. The Morgan fingerprint density at radius 3 is 2.58 bits per heavy atom. The molecule has 2 rings (SSSR count). The highest BCUT2D eigenvalue weighted by atomic mass is 35.5. The summed E-state index contributed by atoms with van der Waals surface area (Å²) in [6.07, 6.45) is 0. The molecule has 1 aromatic carbocycles. The van der Waals surface area contributed by atoms with Crippen LogP contribution in [0.1, 0.15) is 0 Å². The fourth-order valence-electron chi connectivity index (χ4n) is 0.859. The van der Waals surface area contributed by atoms with Crippen molar-refractivity contribution >= 4 is 22.9 Å². The molecule has 59 valence electrons. The van der Waals surface area contributed by atoms with Gasteiger partial charge >= 0.3 is 0 Å². The molecule has 0 bridgehead atoms. The molecule has 0 aliphatic heterocycles. The minimum absolute atomic E-state index is 0.729. The van der Waals surface area contributed by atoms with Crippen molar-refractivity contribution in [1.82, 2.24) is 10.2 Å². The van der Waals surface area contributed by atoms with Crippen molar-refractivity contribution in [3.63, 3.8) is 0 Å². The minimum atomic E-state index is 0.729. The highest BCUT2D eigenvalue weighted by molar-refractivity contribution is 7.12. The fourth-order valence-corrected chi connectivity index (χ4v) is 1.49. The molecule has 0 spiro atoms. The van der Waals surface area contributed by atoms with E-state index in [1.807, 2.05) is 24.3 Å². The van der Waals surface area contributed by atoms with Crippen molar-refractivity contribution in [3.8, 4) is 10.6 Å². The van der Waals surface area contributed by atoms with Crippen molar-refractivity contribution in [3.05, 3.63) is 34.8 Å². The predicted octanol–water partition coefficient (Wildman–Crippen LogP) is 2.66. The van der Waals surface area contributed by atoms with E-state index in [9.17, 15) is 0 Å². The Hall–Kier alpha value is -0.930. The average Bonchev–Trinajstić information content (AvgIpc) is 2.58. The number of aromatic nitrogens is 2. The van der Waals surface area contributed by atoms with Crippen LogP contribution in [-0.4, -0.2) is 10.2 Å². The van der Waals surface area contributed by atoms with Gasteiger partial charge in [0.05, 0.1) is 0 Å². The van der Waals surface area contributed by atoms with E-state index in [2.05, 4.69) is 15.7 Å². The lowest BCUT2D eigenvalue weighted by molar-refractivity contribution is 1.09. The Morgan fingerprint density at radius 1 is 1.25 bits per heavy atom. The highest BCUT2D eigenvalue weighted by Crippen LogP contribution is 2.21. The Kier molecular flexibility index (Phi) is 2.06. The predicted molar refractivity (Wildman–Crippen MR) is 49.2 cm³/mol. The molecular formula is C8H4ClN2S. The second-order valence-corrected chi connectivity index (χ2v) is 3.42. The van der Waals surface area contributed by atoms with E-state index in [0.29, 0.717) is 0 Å². The SMILES string of the molecule is Clc1ccc(-c2nn[c]s2)cc1. The summed E-state index contributed by atoms with van der Waals surface area (Å²) < 4.78 is 0. The van der Waals surface area contributed by atoms with Gasteiger partial charge in [0.15, 0.2) is 5.51 Å². The summed E-state index contributed by atoms with van der Waals surface area (Å²) in [7, 11) is 0. The molecule has 2 nitrogen and oxygen atoms in total. The number of benzene rings is 1. The first-order chi connectivity index (χ1) is 5.86. The number of hydrogen-bond donors (Lipinski definition) is 0. The third-order valence-electron chi connectivity index (χ3n) is 1.42. The number of nitrogens with zero attached hydrogens (tertiary/aromatic N) is 2. The second-order valence-electron chi connectivity index (χ2n) is 2.21. The van der Waals surface area contributed by atoms with Gasteiger partial charge in [-0.3, -0.25) is 0 Å². The van der Waals surface area contributed by atoms with Crippen LogP contribution < -0.4 is 0 Å². The van der Waals surface area contributed by atoms with Gasteiger partial charge < -0.3 is 0 Å². The van der Waals surface area contributed by atoms with E-state index in [0.717, 1.165) is 15.6 Å². The Bertz CT molecular complexity index is 355. The molecule has 0 aliphatic carbocycles. The number of halogens is 1. The molecule has 0 fully saturated rings. The molecule has 0 saturated heterocycles. The third kappa shape index (κ3) is 1.47. The van der Waals surface area contributed by atoms with Gasteiger partial charge in [0.25, 0.3) is 0 Å². The summed E-state index contributed by atoms with van der Waals surface area (Å²) in [5.41, 5.74) is 3.72. The quantitative estimate of drug-likeness (QED) is 0.699. The van der Waals surface area contributed by atoms with Gasteiger partial charge in [-0.25, -0.2) is 0 Å². The lowest BCUT2D eigenvalue weighted by Gasteiger charge is -1.93. The number of hydrogen-bond acceptors (Lipinski definition) is 3. The van der Waals surface area contributed by atoms with Gasteiger partial charge in [0, 0.05) is 10.6 Å². The van der Waals surface area contributed by atoms with E-state index in [-0.39, 0.29) is 0 Å². The van der Waals surface area contributed by atoms with Crippen LogP contribution in [0.25, 0.3) is 10.6 Å². The summed E-state index contributed by atoms with van der Waals surface area (Å²) in [5.74, 6) is 0. The highest BCUT2D eigenvalue weighted by Gasteiger charge is 1.99. The molecule has 2 aromatic rings. The van der Waals surface area contributed by atoms with E-state index < -0.39 is 0 Å². The molecule has 0 unspecified atom stereocenters. The maximum atomic E-state index is 5.73. The first kappa shape index (κ1) is 7.71. The first-order valence-corrected chi connectivity index (χ1v) is 4.51. The van der Waals surface area contributed by atoms with E-state index in [1.165, 1.54) is 11.3 Å². The maximum Gasteiger partial charge on any atom is 0.178 e. The van der Waals surface area contributed by atoms with Gasteiger partial charge in [-0.15, -0.1) is 10.2 Å². The molecule has 1 heterocycles. The molecule has 1 aromatic heterocycles.